The van der Waals surface area contributed by atoms with Crippen molar-refractivity contribution in [2.45, 2.75) is 44.9 Å². The van der Waals surface area contributed by atoms with E-state index in [1.165, 1.54) is 18.2 Å². The molecule has 1 aromatic carbocycles. The van der Waals surface area contributed by atoms with Gasteiger partial charge in [-0.05, 0) is 30.4 Å². The maximum absolute atomic E-state index is 13.1. The number of hydrogen-bond acceptors (Lipinski definition) is 2. The molecule has 1 saturated carbocycles. The molecule has 3 unspecified atom stereocenters. The number of nitrogens with two attached hydrogens (primary N) is 1. The van der Waals surface area contributed by atoms with Gasteiger partial charge in [0.15, 0.2) is 0 Å². The zero-order chi connectivity index (χ0) is 15.7. The Balaban J connectivity index is 2.41. The zero-order valence-corrected chi connectivity index (χ0v) is 12.2. The molecule has 2 rings (SSSR count). The standard InChI is InChI=1S/C16H22F3NO/c1-11-5-4-8-15(9-11,10-20)14(21)12-6-2-3-7-13(12)16(17,18)19/h2-3,6-7,11,14,21H,4-5,8-10,20H2,1H3. The maximum atomic E-state index is 13.1. The number of rotatable bonds is 3. The highest BCUT2D eigenvalue weighted by atomic mass is 19.4. The number of halogens is 3. The minimum absolute atomic E-state index is 0.0513. The lowest BCUT2D eigenvalue weighted by Crippen LogP contribution is -2.41. The molecule has 118 valence electrons. The molecule has 0 aromatic heterocycles. The molecule has 0 saturated heterocycles. The molecule has 2 nitrogen and oxygen atoms in total. The van der Waals surface area contributed by atoms with Gasteiger partial charge in [-0.15, -0.1) is 0 Å². The van der Waals surface area contributed by atoms with Gasteiger partial charge < -0.3 is 10.8 Å². The van der Waals surface area contributed by atoms with Crippen LogP contribution in [0.1, 0.15) is 49.8 Å². The summed E-state index contributed by atoms with van der Waals surface area (Å²) in [4.78, 5) is 0. The predicted molar refractivity (Wildman–Crippen MR) is 75.5 cm³/mol. The van der Waals surface area contributed by atoms with Gasteiger partial charge in [0.25, 0.3) is 0 Å². The van der Waals surface area contributed by atoms with E-state index in [2.05, 4.69) is 6.92 Å². The minimum atomic E-state index is -4.46. The van der Waals surface area contributed by atoms with E-state index in [0.717, 1.165) is 18.9 Å². The molecule has 0 heterocycles. The molecular weight excluding hydrogens is 279 g/mol. The van der Waals surface area contributed by atoms with Crippen LogP contribution in [0.25, 0.3) is 0 Å². The van der Waals surface area contributed by atoms with Crippen molar-refractivity contribution in [3.8, 4) is 0 Å². The Morgan fingerprint density at radius 1 is 1.38 bits per heavy atom. The second kappa shape index (κ2) is 5.97. The Hall–Kier alpha value is -1.07. The van der Waals surface area contributed by atoms with E-state index in [0.29, 0.717) is 18.8 Å². The highest BCUT2D eigenvalue weighted by Crippen LogP contribution is 2.49. The molecule has 0 aliphatic heterocycles. The minimum Gasteiger partial charge on any atom is -0.388 e. The van der Waals surface area contributed by atoms with E-state index in [1.807, 2.05) is 0 Å². The van der Waals surface area contributed by atoms with Crippen molar-refractivity contribution in [1.29, 1.82) is 0 Å². The Kier molecular flexibility index (Phi) is 4.63. The van der Waals surface area contributed by atoms with Gasteiger partial charge in [0, 0.05) is 12.0 Å². The quantitative estimate of drug-likeness (QED) is 0.889. The van der Waals surface area contributed by atoms with Gasteiger partial charge in [-0.25, -0.2) is 0 Å². The third-order valence-electron chi connectivity index (χ3n) is 4.67. The SMILES string of the molecule is CC1CCCC(CN)(C(O)c2ccccc2C(F)(F)F)C1. The summed E-state index contributed by atoms with van der Waals surface area (Å²) in [7, 11) is 0. The molecule has 0 spiro atoms. The van der Waals surface area contributed by atoms with Crippen LogP contribution in [0.15, 0.2) is 24.3 Å². The molecular formula is C16H22F3NO. The van der Waals surface area contributed by atoms with Crippen LogP contribution < -0.4 is 5.73 Å². The lowest BCUT2D eigenvalue weighted by atomic mass is 9.65. The molecule has 1 aliphatic carbocycles. The van der Waals surface area contributed by atoms with Crippen LogP contribution in [0, 0.1) is 11.3 Å². The van der Waals surface area contributed by atoms with Crippen LogP contribution in [0.5, 0.6) is 0 Å². The van der Waals surface area contributed by atoms with Crippen LogP contribution in [0.4, 0.5) is 13.2 Å². The normalized spacial score (nSPS) is 28.4. The molecule has 0 radical (unpaired) electrons. The van der Waals surface area contributed by atoms with E-state index in [4.69, 9.17) is 5.73 Å². The summed E-state index contributed by atoms with van der Waals surface area (Å²) in [5.41, 5.74) is 4.39. The summed E-state index contributed by atoms with van der Waals surface area (Å²) in [5.74, 6) is 0.370. The lowest BCUT2D eigenvalue weighted by Gasteiger charge is -2.43. The van der Waals surface area contributed by atoms with Crippen molar-refractivity contribution in [3.05, 3.63) is 35.4 Å². The fourth-order valence-corrected chi connectivity index (χ4v) is 3.57. The number of aliphatic hydroxyl groups excluding tert-OH is 1. The number of aliphatic hydroxyl groups is 1. The second-order valence-electron chi connectivity index (χ2n) is 6.26. The number of hydrogen-bond donors (Lipinski definition) is 2. The third-order valence-corrected chi connectivity index (χ3v) is 4.67. The first-order chi connectivity index (χ1) is 9.80. The predicted octanol–water partition coefficient (Wildman–Crippen LogP) is 3.89. The Morgan fingerprint density at radius 2 is 2.05 bits per heavy atom. The van der Waals surface area contributed by atoms with Crippen molar-refractivity contribution in [2.75, 3.05) is 6.54 Å². The summed E-state index contributed by atoms with van der Waals surface area (Å²) in [6.45, 7) is 2.26. The zero-order valence-electron chi connectivity index (χ0n) is 12.2. The van der Waals surface area contributed by atoms with E-state index >= 15 is 0 Å². The molecule has 3 atom stereocenters. The highest BCUT2D eigenvalue weighted by molar-refractivity contribution is 5.33. The monoisotopic (exact) mass is 301 g/mol. The molecule has 1 aromatic rings. The van der Waals surface area contributed by atoms with Gasteiger partial charge in [0.2, 0.25) is 0 Å². The molecule has 21 heavy (non-hydrogen) atoms. The molecule has 1 fully saturated rings. The van der Waals surface area contributed by atoms with Crippen LogP contribution in [0.3, 0.4) is 0 Å². The Morgan fingerprint density at radius 3 is 2.62 bits per heavy atom. The molecule has 0 bridgehead atoms. The van der Waals surface area contributed by atoms with Crippen molar-refractivity contribution >= 4 is 0 Å². The summed E-state index contributed by atoms with van der Waals surface area (Å²) in [6, 6.07) is 5.27. The Labute approximate surface area is 123 Å². The fraction of sp³-hybridized carbons (Fsp3) is 0.625. The average molecular weight is 301 g/mol. The van der Waals surface area contributed by atoms with Gasteiger partial charge in [0.1, 0.15) is 0 Å². The first-order valence-electron chi connectivity index (χ1n) is 7.34. The van der Waals surface area contributed by atoms with Crippen LogP contribution in [-0.4, -0.2) is 11.7 Å². The van der Waals surface area contributed by atoms with E-state index in [-0.39, 0.29) is 12.1 Å². The van der Waals surface area contributed by atoms with Gasteiger partial charge in [-0.3, -0.25) is 0 Å². The maximum Gasteiger partial charge on any atom is 0.416 e. The summed E-state index contributed by atoms with van der Waals surface area (Å²) < 4.78 is 39.4. The third kappa shape index (κ3) is 3.24. The molecule has 0 amide bonds. The van der Waals surface area contributed by atoms with Gasteiger partial charge in [0.05, 0.1) is 11.7 Å². The van der Waals surface area contributed by atoms with Crippen molar-refractivity contribution < 1.29 is 18.3 Å². The summed E-state index contributed by atoms with van der Waals surface area (Å²) in [5, 5.41) is 10.7. The van der Waals surface area contributed by atoms with Gasteiger partial charge >= 0.3 is 6.18 Å². The molecule has 1 aliphatic rings. The fourth-order valence-electron chi connectivity index (χ4n) is 3.57. The van der Waals surface area contributed by atoms with E-state index in [1.54, 1.807) is 0 Å². The second-order valence-corrected chi connectivity index (χ2v) is 6.26. The van der Waals surface area contributed by atoms with E-state index < -0.39 is 23.3 Å². The van der Waals surface area contributed by atoms with Crippen LogP contribution >= 0.6 is 0 Å². The summed E-state index contributed by atoms with van der Waals surface area (Å²) in [6.07, 6.45) is -2.38. The molecule has 5 heteroatoms. The largest absolute Gasteiger partial charge is 0.416 e. The molecule has 3 N–H and O–H groups in total. The van der Waals surface area contributed by atoms with Gasteiger partial charge in [-0.1, -0.05) is 38.0 Å². The number of alkyl halides is 3. The van der Waals surface area contributed by atoms with Crippen molar-refractivity contribution in [1.82, 2.24) is 0 Å². The topological polar surface area (TPSA) is 46.2 Å². The van der Waals surface area contributed by atoms with Gasteiger partial charge in [-0.2, -0.15) is 13.2 Å². The first-order valence-corrected chi connectivity index (χ1v) is 7.34. The first kappa shape index (κ1) is 16.3. The van der Waals surface area contributed by atoms with Crippen molar-refractivity contribution in [2.24, 2.45) is 17.1 Å². The smallest absolute Gasteiger partial charge is 0.388 e. The van der Waals surface area contributed by atoms with E-state index in [9.17, 15) is 18.3 Å². The average Bonchev–Trinajstić information content (AvgIpc) is 2.45. The summed E-state index contributed by atoms with van der Waals surface area (Å²) >= 11 is 0. The highest BCUT2D eigenvalue weighted by Gasteiger charge is 2.44. The number of benzene rings is 1. The van der Waals surface area contributed by atoms with Crippen LogP contribution in [0.2, 0.25) is 0 Å². The lowest BCUT2D eigenvalue weighted by molar-refractivity contribution is -0.140. The van der Waals surface area contributed by atoms with Crippen LogP contribution in [-0.2, 0) is 6.18 Å². The van der Waals surface area contributed by atoms with Crippen molar-refractivity contribution in [3.63, 3.8) is 0 Å². The Bertz CT molecular complexity index is 489.